The topological polar surface area (TPSA) is 86.0 Å². The molecule has 0 saturated heterocycles. The first-order chi connectivity index (χ1) is 9.95. The van der Waals surface area contributed by atoms with Gasteiger partial charge < -0.3 is 5.32 Å². The third kappa shape index (κ3) is 2.86. The Morgan fingerprint density at radius 1 is 1.29 bits per heavy atom. The maximum absolute atomic E-state index is 12.1. The number of rotatable bonds is 4. The highest BCUT2D eigenvalue weighted by Crippen LogP contribution is 2.12. The molecule has 1 N–H and O–H groups in total. The molecule has 112 valence electrons. The fraction of sp³-hybridized carbons (Fsp3) is 0.429. The van der Waals surface area contributed by atoms with Crippen LogP contribution in [0.4, 0.5) is 5.69 Å². The van der Waals surface area contributed by atoms with E-state index in [-0.39, 0.29) is 5.91 Å². The number of hydrogen-bond donors (Lipinski definition) is 1. The molecule has 0 aliphatic heterocycles. The first kappa shape index (κ1) is 15.0. The number of carbonyl (C=O) groups is 1. The van der Waals surface area contributed by atoms with Gasteiger partial charge >= 0.3 is 5.69 Å². The minimum Gasteiger partial charge on any atom is -0.325 e. The second kappa shape index (κ2) is 5.90. The first-order valence-corrected chi connectivity index (χ1v) is 6.81. The smallest absolute Gasteiger partial charge is 0.325 e. The van der Waals surface area contributed by atoms with Crippen molar-refractivity contribution >= 4 is 22.6 Å². The molecule has 21 heavy (non-hydrogen) atoms. The molecule has 2 heterocycles. The Kier molecular flexibility index (Phi) is 4.21. The molecule has 0 saturated carbocycles. The molecule has 7 nitrogen and oxygen atoms in total. The average molecular weight is 290 g/mol. The van der Waals surface area contributed by atoms with E-state index in [2.05, 4.69) is 10.3 Å². The van der Waals surface area contributed by atoms with Crippen LogP contribution in [0.15, 0.2) is 21.9 Å². The number of hydrogen-bond acceptors (Lipinski definition) is 4. The highest BCUT2D eigenvalue weighted by atomic mass is 16.2. The van der Waals surface area contributed by atoms with Crippen LogP contribution in [0.5, 0.6) is 0 Å². The lowest BCUT2D eigenvalue weighted by atomic mass is 10.2. The lowest BCUT2D eigenvalue weighted by molar-refractivity contribution is -0.116. The Balaban J connectivity index is 2.45. The molecule has 0 fully saturated rings. The fourth-order valence-electron chi connectivity index (χ4n) is 2.09. The van der Waals surface area contributed by atoms with Crippen LogP contribution < -0.4 is 16.6 Å². The van der Waals surface area contributed by atoms with Gasteiger partial charge in [0, 0.05) is 20.5 Å². The molecule has 1 amide bonds. The van der Waals surface area contributed by atoms with Crippen molar-refractivity contribution in [2.75, 3.05) is 5.32 Å². The summed E-state index contributed by atoms with van der Waals surface area (Å²) in [4.78, 5) is 39.7. The van der Waals surface area contributed by atoms with Crippen molar-refractivity contribution in [1.29, 1.82) is 0 Å². The molecular formula is C14H18N4O3. The number of fused-ring (bicyclic) bond motifs is 1. The van der Waals surface area contributed by atoms with Gasteiger partial charge in [-0.2, -0.15) is 0 Å². The summed E-state index contributed by atoms with van der Waals surface area (Å²) < 4.78 is 2.33. The lowest BCUT2D eigenvalue weighted by Crippen LogP contribution is -2.37. The summed E-state index contributed by atoms with van der Waals surface area (Å²) in [7, 11) is 2.97. The van der Waals surface area contributed by atoms with E-state index >= 15 is 0 Å². The molecule has 0 aliphatic carbocycles. The number of unbranched alkanes of at least 4 members (excludes halogenated alkanes) is 1. The van der Waals surface area contributed by atoms with Gasteiger partial charge in [-0.25, -0.2) is 9.78 Å². The Hall–Kier alpha value is -2.44. The molecule has 2 rings (SSSR count). The molecule has 0 aliphatic rings. The number of aromatic nitrogens is 3. The summed E-state index contributed by atoms with van der Waals surface area (Å²) in [6.45, 7) is 2.01. The van der Waals surface area contributed by atoms with Crippen LogP contribution in [0.3, 0.4) is 0 Å². The molecule has 0 atom stereocenters. The van der Waals surface area contributed by atoms with Crippen molar-refractivity contribution in [3.05, 3.63) is 33.1 Å². The molecule has 0 unspecified atom stereocenters. The van der Waals surface area contributed by atoms with Crippen LogP contribution in [0.1, 0.15) is 26.2 Å². The summed E-state index contributed by atoms with van der Waals surface area (Å²) in [6.07, 6.45) is 3.63. The van der Waals surface area contributed by atoms with Crippen molar-refractivity contribution in [3.8, 4) is 0 Å². The highest BCUT2D eigenvalue weighted by molar-refractivity contribution is 5.92. The molecule has 2 aromatic heterocycles. The predicted octanol–water partition coefficient (Wildman–Crippen LogP) is 0.761. The second-order valence-corrected chi connectivity index (χ2v) is 4.95. The molecule has 0 bridgehead atoms. The first-order valence-electron chi connectivity index (χ1n) is 6.81. The van der Waals surface area contributed by atoms with Gasteiger partial charge in [0.1, 0.15) is 5.65 Å². The number of anilines is 1. The zero-order chi connectivity index (χ0) is 15.6. The molecule has 0 spiro atoms. The monoisotopic (exact) mass is 290 g/mol. The number of aryl methyl sites for hydroxylation is 1. The van der Waals surface area contributed by atoms with Crippen LogP contribution in [0, 0.1) is 0 Å². The van der Waals surface area contributed by atoms with E-state index in [4.69, 9.17) is 0 Å². The van der Waals surface area contributed by atoms with Crippen LogP contribution in [0.2, 0.25) is 0 Å². The number of pyridine rings is 1. The van der Waals surface area contributed by atoms with E-state index in [1.807, 2.05) is 6.92 Å². The normalized spacial score (nSPS) is 10.8. The standard InChI is InChI=1S/C14H18N4O3/c1-4-5-6-11(19)16-9-7-10-12(15-8-9)17(2)14(21)18(3)13(10)20/h7-8H,4-6H2,1-3H3,(H,16,19). The third-order valence-corrected chi connectivity index (χ3v) is 3.33. The zero-order valence-corrected chi connectivity index (χ0v) is 12.3. The largest absolute Gasteiger partial charge is 0.332 e. The van der Waals surface area contributed by atoms with Crippen LogP contribution in [-0.2, 0) is 18.9 Å². The van der Waals surface area contributed by atoms with Crippen molar-refractivity contribution in [1.82, 2.24) is 14.1 Å². The maximum Gasteiger partial charge on any atom is 0.332 e. The van der Waals surface area contributed by atoms with E-state index in [1.54, 1.807) is 13.1 Å². The Morgan fingerprint density at radius 3 is 2.67 bits per heavy atom. The molecular weight excluding hydrogens is 272 g/mol. The Labute approximate surface area is 121 Å². The SMILES string of the molecule is CCCCC(=O)Nc1cnc2c(c1)c(=O)n(C)c(=O)n2C. The number of amides is 1. The van der Waals surface area contributed by atoms with Gasteiger partial charge in [-0.3, -0.25) is 18.7 Å². The van der Waals surface area contributed by atoms with Crippen LogP contribution in [0.25, 0.3) is 11.0 Å². The number of nitrogens with one attached hydrogen (secondary N) is 1. The van der Waals surface area contributed by atoms with Gasteiger partial charge in [0.15, 0.2) is 0 Å². The van der Waals surface area contributed by atoms with Gasteiger partial charge in [-0.05, 0) is 12.5 Å². The average Bonchev–Trinajstić information content (AvgIpc) is 2.48. The Morgan fingerprint density at radius 2 is 2.00 bits per heavy atom. The number of carbonyl (C=O) groups excluding carboxylic acids is 1. The van der Waals surface area contributed by atoms with Gasteiger partial charge in [0.05, 0.1) is 17.3 Å². The molecule has 0 aromatic carbocycles. The van der Waals surface area contributed by atoms with Gasteiger partial charge in [0.2, 0.25) is 5.91 Å². The summed E-state index contributed by atoms with van der Waals surface area (Å²) in [6, 6.07) is 1.55. The lowest BCUT2D eigenvalue weighted by Gasteiger charge is -2.09. The van der Waals surface area contributed by atoms with E-state index in [0.29, 0.717) is 23.1 Å². The predicted molar refractivity (Wildman–Crippen MR) is 80.4 cm³/mol. The van der Waals surface area contributed by atoms with Crippen LogP contribution >= 0.6 is 0 Å². The minimum absolute atomic E-state index is 0.111. The summed E-state index contributed by atoms with van der Waals surface area (Å²) >= 11 is 0. The summed E-state index contributed by atoms with van der Waals surface area (Å²) in [5.74, 6) is -0.111. The third-order valence-electron chi connectivity index (χ3n) is 3.33. The van der Waals surface area contributed by atoms with E-state index < -0.39 is 11.2 Å². The van der Waals surface area contributed by atoms with Gasteiger partial charge in [-0.1, -0.05) is 13.3 Å². The zero-order valence-electron chi connectivity index (χ0n) is 12.3. The number of nitrogens with zero attached hydrogens (tertiary/aromatic N) is 3. The van der Waals surface area contributed by atoms with E-state index in [1.165, 1.54) is 17.8 Å². The fourth-order valence-corrected chi connectivity index (χ4v) is 2.09. The highest BCUT2D eigenvalue weighted by Gasteiger charge is 2.11. The Bertz CT molecular complexity index is 804. The van der Waals surface area contributed by atoms with Crippen molar-refractivity contribution < 1.29 is 4.79 Å². The molecule has 7 heteroatoms. The maximum atomic E-state index is 12.1. The summed E-state index contributed by atoms with van der Waals surface area (Å²) in [5.41, 5.74) is -0.0982. The molecule has 2 aromatic rings. The minimum atomic E-state index is -0.431. The second-order valence-electron chi connectivity index (χ2n) is 4.95. The molecule has 0 radical (unpaired) electrons. The van der Waals surface area contributed by atoms with E-state index in [0.717, 1.165) is 17.4 Å². The quantitative estimate of drug-likeness (QED) is 0.900. The van der Waals surface area contributed by atoms with Gasteiger partial charge in [-0.15, -0.1) is 0 Å². The van der Waals surface area contributed by atoms with Crippen molar-refractivity contribution in [2.45, 2.75) is 26.2 Å². The summed E-state index contributed by atoms with van der Waals surface area (Å²) in [5, 5.41) is 3.01. The van der Waals surface area contributed by atoms with Crippen LogP contribution in [-0.4, -0.2) is 20.0 Å². The van der Waals surface area contributed by atoms with E-state index in [9.17, 15) is 14.4 Å². The van der Waals surface area contributed by atoms with Crippen molar-refractivity contribution in [3.63, 3.8) is 0 Å². The van der Waals surface area contributed by atoms with Crippen molar-refractivity contribution in [2.24, 2.45) is 14.1 Å². The van der Waals surface area contributed by atoms with Gasteiger partial charge in [0.25, 0.3) is 5.56 Å².